The van der Waals surface area contributed by atoms with Crippen LogP contribution in [0.25, 0.3) is 0 Å². The van der Waals surface area contributed by atoms with E-state index in [0.29, 0.717) is 29.0 Å². The van der Waals surface area contributed by atoms with Gasteiger partial charge in [0.2, 0.25) is 0 Å². The van der Waals surface area contributed by atoms with E-state index < -0.39 is 0 Å². The molecule has 1 aliphatic rings. The van der Waals surface area contributed by atoms with Gasteiger partial charge in [0.1, 0.15) is 4.62 Å². The number of allylic oxidation sites excluding steroid dienone is 1. The lowest BCUT2D eigenvalue weighted by molar-refractivity contribution is -0.138. The fraction of sp³-hybridized carbons (Fsp3) is 0.429. The van der Waals surface area contributed by atoms with Gasteiger partial charge in [0.25, 0.3) is 0 Å². The fourth-order valence-electron chi connectivity index (χ4n) is 0.836. The quantitative estimate of drug-likeness (QED) is 0.709. The van der Waals surface area contributed by atoms with Crippen LogP contribution in [-0.4, -0.2) is 23.7 Å². The summed E-state index contributed by atoms with van der Waals surface area (Å²) in [7, 11) is 0. The smallest absolute Gasteiger partial charge is 0.338 e. The monoisotopic (exact) mass is 232 g/mol. The minimum Gasteiger partial charge on any atom is -0.463 e. The van der Waals surface area contributed by atoms with E-state index in [4.69, 9.17) is 10.5 Å². The molecule has 0 fully saturated rings. The molecule has 4 nitrogen and oxygen atoms in total. The molecule has 0 aromatic heterocycles. The molecule has 0 radical (unpaired) electrons. The normalized spacial score (nSPS) is 16.3. The van der Waals surface area contributed by atoms with E-state index in [1.165, 1.54) is 0 Å². The zero-order valence-corrected chi connectivity index (χ0v) is 8.22. The Balaban J connectivity index is 2.73. The fourth-order valence-corrected chi connectivity index (χ4v) is 1.20. The second-order valence-electron chi connectivity index (χ2n) is 2.22. The average molecular weight is 233 g/mol. The number of nitrogens with two attached hydrogens (primary N) is 1. The Labute approximate surface area is 78.6 Å². The van der Waals surface area contributed by atoms with Crippen molar-refractivity contribution in [1.29, 1.82) is 0 Å². The van der Waals surface area contributed by atoms with Gasteiger partial charge < -0.3 is 10.5 Å². The maximum Gasteiger partial charge on any atom is 0.338 e. The molecule has 0 aliphatic carbocycles. The van der Waals surface area contributed by atoms with Gasteiger partial charge in [0.05, 0.1) is 24.4 Å². The number of aliphatic imine (C=N–C) groups is 1. The molecule has 0 saturated heterocycles. The molecule has 66 valence electrons. The van der Waals surface area contributed by atoms with Crippen molar-refractivity contribution in [2.24, 2.45) is 10.7 Å². The van der Waals surface area contributed by atoms with E-state index >= 15 is 0 Å². The van der Waals surface area contributed by atoms with E-state index in [9.17, 15) is 4.79 Å². The van der Waals surface area contributed by atoms with Crippen molar-refractivity contribution in [3.63, 3.8) is 0 Å². The van der Waals surface area contributed by atoms with Gasteiger partial charge in [0.15, 0.2) is 0 Å². The molecule has 0 bridgehead atoms. The number of esters is 1. The zero-order chi connectivity index (χ0) is 9.14. The molecule has 0 saturated carbocycles. The number of rotatable bonds is 2. The Kier molecular flexibility index (Phi) is 2.86. The molecule has 1 aliphatic heterocycles. The van der Waals surface area contributed by atoms with Crippen LogP contribution in [-0.2, 0) is 9.53 Å². The maximum absolute atomic E-state index is 11.1. The number of halogens is 1. The van der Waals surface area contributed by atoms with Crippen LogP contribution in [0, 0.1) is 0 Å². The average Bonchev–Trinajstić information content (AvgIpc) is 2.34. The number of carbonyl (C=O) groups excluding carboxylic acids is 1. The van der Waals surface area contributed by atoms with E-state index in [1.54, 1.807) is 6.92 Å². The Morgan fingerprint density at radius 3 is 2.92 bits per heavy atom. The second-order valence-corrected chi connectivity index (χ2v) is 2.97. The van der Waals surface area contributed by atoms with Gasteiger partial charge in [-0.05, 0) is 22.9 Å². The molecule has 0 aromatic rings. The first-order valence-electron chi connectivity index (χ1n) is 3.53. The summed E-state index contributed by atoms with van der Waals surface area (Å²) < 4.78 is 5.31. The van der Waals surface area contributed by atoms with Gasteiger partial charge in [-0.15, -0.1) is 0 Å². The molecule has 5 heteroatoms. The van der Waals surface area contributed by atoms with Crippen molar-refractivity contribution < 1.29 is 9.53 Å². The Bertz CT molecular complexity index is 271. The highest BCUT2D eigenvalue weighted by Gasteiger charge is 2.21. The number of nitrogens with zero attached hydrogens (tertiary/aromatic N) is 1. The summed E-state index contributed by atoms with van der Waals surface area (Å²) in [6.07, 6.45) is 0. The highest BCUT2D eigenvalue weighted by molar-refractivity contribution is 9.18. The summed E-state index contributed by atoms with van der Waals surface area (Å²) in [6, 6.07) is 0. The van der Waals surface area contributed by atoms with Crippen LogP contribution in [0.4, 0.5) is 0 Å². The number of carbonyl (C=O) groups is 1. The lowest BCUT2D eigenvalue weighted by Gasteiger charge is -2.01. The molecule has 2 N–H and O–H groups in total. The molecular weight excluding hydrogens is 224 g/mol. The van der Waals surface area contributed by atoms with Crippen LogP contribution in [0.5, 0.6) is 0 Å². The van der Waals surface area contributed by atoms with Crippen LogP contribution in [0.15, 0.2) is 16.3 Å². The standard InChI is InChI=1S/C7H9BrN2O2/c1-2-12-7(11)4-3-10-6(8)5(4)9/h2-3,9H2,1H3. The summed E-state index contributed by atoms with van der Waals surface area (Å²) in [5.74, 6) is -0.381. The summed E-state index contributed by atoms with van der Waals surface area (Å²) >= 11 is 3.12. The SMILES string of the molecule is CCOC(=O)C1=C(N)C(Br)=NC1. The lowest BCUT2D eigenvalue weighted by atomic mass is 10.2. The first kappa shape index (κ1) is 9.25. The van der Waals surface area contributed by atoms with Crippen LogP contribution in [0.3, 0.4) is 0 Å². The Morgan fingerprint density at radius 1 is 1.83 bits per heavy atom. The van der Waals surface area contributed by atoms with Gasteiger partial charge in [-0.1, -0.05) is 0 Å². The van der Waals surface area contributed by atoms with Crippen molar-refractivity contribution >= 4 is 26.5 Å². The van der Waals surface area contributed by atoms with E-state index in [1.807, 2.05) is 0 Å². The molecule has 0 spiro atoms. The molecule has 12 heavy (non-hydrogen) atoms. The van der Waals surface area contributed by atoms with E-state index in [2.05, 4.69) is 20.9 Å². The molecule has 1 rings (SSSR count). The van der Waals surface area contributed by atoms with Crippen molar-refractivity contribution in [1.82, 2.24) is 0 Å². The Hall–Kier alpha value is -0.840. The van der Waals surface area contributed by atoms with E-state index in [0.717, 1.165) is 0 Å². The maximum atomic E-state index is 11.1. The third kappa shape index (κ3) is 1.66. The van der Waals surface area contributed by atoms with Crippen LogP contribution >= 0.6 is 15.9 Å². The summed E-state index contributed by atoms with van der Waals surface area (Å²) in [6.45, 7) is 2.41. The van der Waals surface area contributed by atoms with Crippen molar-refractivity contribution in [2.75, 3.05) is 13.2 Å². The van der Waals surface area contributed by atoms with Crippen LogP contribution in [0.1, 0.15) is 6.92 Å². The molecule has 0 aromatic carbocycles. The zero-order valence-electron chi connectivity index (χ0n) is 6.63. The second kappa shape index (κ2) is 3.71. The third-order valence-corrected chi connectivity index (χ3v) is 2.12. The van der Waals surface area contributed by atoms with Gasteiger partial charge in [-0.3, -0.25) is 4.99 Å². The lowest BCUT2D eigenvalue weighted by Crippen LogP contribution is -2.14. The van der Waals surface area contributed by atoms with Crippen molar-refractivity contribution in [2.45, 2.75) is 6.92 Å². The number of hydrogen-bond donors (Lipinski definition) is 1. The van der Waals surface area contributed by atoms with Gasteiger partial charge >= 0.3 is 5.97 Å². The summed E-state index contributed by atoms with van der Waals surface area (Å²) in [5.41, 5.74) is 6.37. The van der Waals surface area contributed by atoms with Gasteiger partial charge in [0, 0.05) is 0 Å². The highest BCUT2D eigenvalue weighted by Crippen LogP contribution is 2.15. The summed E-state index contributed by atoms with van der Waals surface area (Å²) in [5, 5.41) is 0. The van der Waals surface area contributed by atoms with Crippen LogP contribution < -0.4 is 5.73 Å². The largest absolute Gasteiger partial charge is 0.463 e. The molecule has 0 unspecified atom stereocenters. The van der Waals surface area contributed by atoms with Gasteiger partial charge in [-0.25, -0.2) is 4.79 Å². The van der Waals surface area contributed by atoms with Crippen molar-refractivity contribution in [3.8, 4) is 0 Å². The minimum atomic E-state index is -0.381. The number of hydrogen-bond acceptors (Lipinski definition) is 4. The van der Waals surface area contributed by atoms with E-state index in [-0.39, 0.29) is 5.97 Å². The topological polar surface area (TPSA) is 64.7 Å². The highest BCUT2D eigenvalue weighted by atomic mass is 79.9. The third-order valence-electron chi connectivity index (χ3n) is 1.45. The first-order valence-corrected chi connectivity index (χ1v) is 4.32. The number of ether oxygens (including phenoxy) is 1. The predicted octanol–water partition coefficient (Wildman–Crippen LogP) is 0.569. The van der Waals surface area contributed by atoms with Crippen molar-refractivity contribution in [3.05, 3.63) is 11.3 Å². The first-order chi connectivity index (χ1) is 5.66. The molecule has 1 heterocycles. The van der Waals surface area contributed by atoms with Gasteiger partial charge in [-0.2, -0.15) is 0 Å². The minimum absolute atomic E-state index is 0.311. The summed E-state index contributed by atoms with van der Waals surface area (Å²) in [4.78, 5) is 15.1. The Morgan fingerprint density at radius 2 is 2.50 bits per heavy atom. The predicted molar refractivity (Wildman–Crippen MR) is 49.1 cm³/mol. The molecule has 0 amide bonds. The molecular formula is C7H9BrN2O2. The molecule has 0 atom stereocenters. The van der Waals surface area contributed by atoms with Crippen LogP contribution in [0.2, 0.25) is 0 Å².